The van der Waals surface area contributed by atoms with Crippen LogP contribution in [-0.4, -0.2) is 33.2 Å². The summed E-state index contributed by atoms with van der Waals surface area (Å²) in [5.41, 5.74) is 2.14. The molecule has 0 saturated carbocycles. The first-order valence-corrected chi connectivity index (χ1v) is 8.64. The van der Waals surface area contributed by atoms with Gasteiger partial charge in [0.1, 0.15) is 5.75 Å². The Labute approximate surface area is 153 Å². The van der Waals surface area contributed by atoms with E-state index < -0.39 is 4.92 Å². The second kappa shape index (κ2) is 7.44. The molecule has 1 N–H and O–H groups in total. The van der Waals surface area contributed by atoms with Crippen LogP contribution in [0.4, 0.5) is 11.4 Å². The monoisotopic (exact) mass is 372 g/mol. The lowest BCUT2D eigenvalue weighted by Gasteiger charge is -2.09. The number of nitro benzene ring substituents is 1. The predicted octanol–water partition coefficient (Wildman–Crippen LogP) is 3.22. The Balaban J connectivity index is 1.69. The summed E-state index contributed by atoms with van der Waals surface area (Å²) < 4.78 is 7.05. The normalized spacial score (nSPS) is 10.7. The van der Waals surface area contributed by atoms with Crippen molar-refractivity contribution in [1.82, 2.24) is 9.55 Å². The van der Waals surface area contributed by atoms with Crippen molar-refractivity contribution < 1.29 is 14.5 Å². The highest BCUT2D eigenvalue weighted by molar-refractivity contribution is 7.99. The lowest BCUT2D eigenvalue weighted by Crippen LogP contribution is -2.15. The molecule has 3 aromatic rings. The summed E-state index contributed by atoms with van der Waals surface area (Å²) in [5, 5.41) is 14.3. The van der Waals surface area contributed by atoms with Gasteiger partial charge < -0.3 is 14.6 Å². The number of non-ortho nitro benzene ring substituents is 1. The maximum absolute atomic E-state index is 12.2. The van der Waals surface area contributed by atoms with Gasteiger partial charge in [-0.2, -0.15) is 0 Å². The highest BCUT2D eigenvalue weighted by Gasteiger charge is 2.15. The number of carbonyl (C=O) groups is 1. The summed E-state index contributed by atoms with van der Waals surface area (Å²) >= 11 is 1.31. The van der Waals surface area contributed by atoms with E-state index in [1.54, 1.807) is 0 Å². The topological polar surface area (TPSA) is 99.3 Å². The van der Waals surface area contributed by atoms with Gasteiger partial charge in [0.05, 0.1) is 40.6 Å². The molecule has 134 valence electrons. The zero-order valence-corrected chi connectivity index (χ0v) is 14.9. The summed E-state index contributed by atoms with van der Waals surface area (Å²) in [5.74, 6) is 0.131. The van der Waals surface area contributed by atoms with Gasteiger partial charge in [0.25, 0.3) is 5.69 Å². The molecule has 0 atom stereocenters. The van der Waals surface area contributed by atoms with Crippen LogP contribution in [0.1, 0.15) is 0 Å². The van der Waals surface area contributed by atoms with E-state index in [2.05, 4.69) is 10.3 Å². The molecule has 0 aliphatic heterocycles. The quantitative estimate of drug-likeness (QED) is 0.405. The van der Waals surface area contributed by atoms with E-state index in [4.69, 9.17) is 4.74 Å². The molecule has 0 radical (unpaired) electrons. The second-order valence-corrected chi connectivity index (χ2v) is 6.36. The number of hydrogen-bond acceptors (Lipinski definition) is 6. The first-order valence-electron chi connectivity index (χ1n) is 7.66. The molecule has 0 saturated heterocycles. The van der Waals surface area contributed by atoms with Gasteiger partial charge in [-0.15, -0.1) is 0 Å². The van der Waals surface area contributed by atoms with E-state index in [1.807, 2.05) is 35.9 Å². The van der Waals surface area contributed by atoms with E-state index >= 15 is 0 Å². The summed E-state index contributed by atoms with van der Waals surface area (Å²) in [7, 11) is 3.29. The Hall–Kier alpha value is -3.07. The van der Waals surface area contributed by atoms with Gasteiger partial charge in [-0.1, -0.05) is 23.9 Å². The molecule has 0 aliphatic carbocycles. The lowest BCUT2D eigenvalue weighted by molar-refractivity contribution is -0.384. The molecule has 1 amide bonds. The minimum absolute atomic E-state index is 0.103. The van der Waals surface area contributed by atoms with Crippen LogP contribution < -0.4 is 10.1 Å². The number of imidazole rings is 1. The van der Waals surface area contributed by atoms with Crippen LogP contribution in [0.25, 0.3) is 11.0 Å². The minimum atomic E-state index is -0.518. The average Bonchev–Trinajstić information content (AvgIpc) is 2.96. The Morgan fingerprint density at radius 1 is 1.35 bits per heavy atom. The average molecular weight is 372 g/mol. The smallest absolute Gasteiger partial charge is 0.273 e. The second-order valence-electron chi connectivity index (χ2n) is 5.42. The summed E-state index contributed by atoms with van der Waals surface area (Å²) in [6.45, 7) is 0. The molecule has 0 unspecified atom stereocenters. The van der Waals surface area contributed by atoms with Gasteiger partial charge in [0, 0.05) is 13.1 Å². The summed E-state index contributed by atoms with van der Waals surface area (Å²) in [6.07, 6.45) is 0. The van der Waals surface area contributed by atoms with Gasteiger partial charge in [0.15, 0.2) is 5.16 Å². The van der Waals surface area contributed by atoms with Crippen molar-refractivity contribution in [1.29, 1.82) is 0 Å². The minimum Gasteiger partial charge on any atom is -0.494 e. The van der Waals surface area contributed by atoms with E-state index in [1.165, 1.54) is 37.1 Å². The number of methoxy groups -OCH3 is 1. The van der Waals surface area contributed by atoms with Crippen LogP contribution in [0.2, 0.25) is 0 Å². The highest BCUT2D eigenvalue weighted by atomic mass is 32.2. The standard InChI is InChI=1S/C17H16N4O4S/c1-20-14-6-4-3-5-12(14)19-17(20)26-10-16(22)18-13-8-7-11(21(23)24)9-15(13)25-2/h3-9H,10H2,1-2H3,(H,18,22). The number of nitrogens with one attached hydrogen (secondary N) is 1. The molecule has 1 heterocycles. The fraction of sp³-hybridized carbons (Fsp3) is 0.176. The van der Waals surface area contributed by atoms with Crippen molar-refractivity contribution in [2.75, 3.05) is 18.2 Å². The van der Waals surface area contributed by atoms with Gasteiger partial charge in [-0.25, -0.2) is 4.98 Å². The van der Waals surface area contributed by atoms with Crippen LogP contribution in [0.5, 0.6) is 5.75 Å². The van der Waals surface area contributed by atoms with E-state index in [9.17, 15) is 14.9 Å². The number of benzene rings is 2. The first-order chi connectivity index (χ1) is 12.5. The molecule has 9 heteroatoms. The summed E-state index contributed by atoms with van der Waals surface area (Å²) in [4.78, 5) is 27.0. The van der Waals surface area contributed by atoms with Crippen molar-refractivity contribution in [3.8, 4) is 5.75 Å². The Bertz CT molecular complexity index is 986. The third-order valence-corrected chi connectivity index (χ3v) is 4.78. The number of nitrogens with zero attached hydrogens (tertiary/aromatic N) is 3. The number of thioether (sulfide) groups is 1. The number of hydrogen-bond donors (Lipinski definition) is 1. The number of aromatic nitrogens is 2. The highest BCUT2D eigenvalue weighted by Crippen LogP contribution is 2.29. The molecule has 2 aromatic carbocycles. The van der Waals surface area contributed by atoms with Crippen molar-refractivity contribution in [2.45, 2.75) is 5.16 Å². The van der Waals surface area contributed by atoms with Gasteiger partial charge in [0.2, 0.25) is 5.91 Å². The number of fused-ring (bicyclic) bond motifs is 1. The van der Waals surface area contributed by atoms with Gasteiger partial charge in [-0.05, 0) is 18.2 Å². The molecule has 3 rings (SSSR count). The van der Waals surface area contributed by atoms with Gasteiger partial charge >= 0.3 is 0 Å². The number of aryl methyl sites for hydroxylation is 1. The lowest BCUT2D eigenvalue weighted by atomic mass is 10.2. The van der Waals surface area contributed by atoms with Crippen molar-refractivity contribution >= 4 is 40.1 Å². The Kier molecular flexibility index (Phi) is 5.08. The number of para-hydroxylation sites is 2. The molecule has 1 aromatic heterocycles. The van der Waals surface area contributed by atoms with Crippen LogP contribution in [0, 0.1) is 10.1 Å². The zero-order valence-electron chi connectivity index (χ0n) is 14.1. The number of nitro groups is 1. The largest absolute Gasteiger partial charge is 0.494 e. The van der Waals surface area contributed by atoms with Crippen molar-refractivity contribution in [2.24, 2.45) is 7.05 Å². The maximum Gasteiger partial charge on any atom is 0.273 e. The van der Waals surface area contributed by atoms with E-state index in [0.717, 1.165) is 16.2 Å². The van der Waals surface area contributed by atoms with Crippen LogP contribution in [0.15, 0.2) is 47.6 Å². The van der Waals surface area contributed by atoms with Gasteiger partial charge in [-0.3, -0.25) is 14.9 Å². The third-order valence-electron chi connectivity index (χ3n) is 3.75. The molecule has 0 aliphatic rings. The number of carbonyl (C=O) groups excluding carboxylic acids is 1. The molecule has 0 spiro atoms. The molecular formula is C17H16N4O4S. The van der Waals surface area contributed by atoms with Crippen LogP contribution >= 0.6 is 11.8 Å². The Morgan fingerprint density at radius 3 is 2.81 bits per heavy atom. The van der Waals surface area contributed by atoms with Crippen LogP contribution in [-0.2, 0) is 11.8 Å². The van der Waals surface area contributed by atoms with E-state index in [0.29, 0.717) is 5.69 Å². The predicted molar refractivity (Wildman–Crippen MR) is 99.7 cm³/mol. The molecule has 0 fully saturated rings. The van der Waals surface area contributed by atoms with E-state index in [-0.39, 0.29) is 23.1 Å². The number of amides is 1. The molecule has 0 bridgehead atoms. The summed E-state index contributed by atoms with van der Waals surface area (Å²) in [6, 6.07) is 11.8. The first kappa shape index (κ1) is 17.7. The molecule has 26 heavy (non-hydrogen) atoms. The zero-order chi connectivity index (χ0) is 18.7. The fourth-order valence-corrected chi connectivity index (χ4v) is 3.25. The van der Waals surface area contributed by atoms with Crippen LogP contribution in [0.3, 0.4) is 0 Å². The molecular weight excluding hydrogens is 356 g/mol. The molecule has 8 nitrogen and oxygen atoms in total. The number of anilines is 1. The maximum atomic E-state index is 12.2. The number of rotatable bonds is 6. The third kappa shape index (κ3) is 3.62. The Morgan fingerprint density at radius 2 is 2.12 bits per heavy atom. The van der Waals surface area contributed by atoms with Crippen molar-refractivity contribution in [3.05, 3.63) is 52.6 Å². The SMILES string of the molecule is COc1cc([N+](=O)[O-])ccc1NC(=O)CSc1nc2ccccc2n1C. The fourth-order valence-electron chi connectivity index (χ4n) is 2.47. The number of ether oxygens (including phenoxy) is 1. The van der Waals surface area contributed by atoms with Crippen molar-refractivity contribution in [3.63, 3.8) is 0 Å².